The van der Waals surface area contributed by atoms with Crippen molar-refractivity contribution >= 4 is 29.4 Å². The molecule has 0 unspecified atom stereocenters. The highest BCUT2D eigenvalue weighted by Gasteiger charge is 2.18. The number of hydrogen-bond donors (Lipinski definition) is 2. The normalized spacial score (nSPS) is 16.5. The summed E-state index contributed by atoms with van der Waals surface area (Å²) >= 11 is 3.70. The molecule has 1 aromatic carbocycles. The number of benzene rings is 1. The van der Waals surface area contributed by atoms with Gasteiger partial charge in [-0.25, -0.2) is 0 Å². The van der Waals surface area contributed by atoms with Crippen molar-refractivity contribution in [1.82, 2.24) is 0 Å². The van der Waals surface area contributed by atoms with E-state index in [-0.39, 0.29) is 5.84 Å². The number of rotatable bonds is 5. The van der Waals surface area contributed by atoms with Gasteiger partial charge in [0.1, 0.15) is 5.84 Å². The summed E-state index contributed by atoms with van der Waals surface area (Å²) in [5.41, 5.74) is 6.76. The molecule has 0 spiro atoms. The van der Waals surface area contributed by atoms with Gasteiger partial charge in [0.2, 0.25) is 0 Å². The molecule has 0 atom stereocenters. The zero-order valence-corrected chi connectivity index (χ0v) is 13.1. The molecule has 0 saturated heterocycles. The van der Waals surface area contributed by atoms with Crippen LogP contribution in [-0.4, -0.2) is 16.8 Å². The van der Waals surface area contributed by atoms with Crippen molar-refractivity contribution in [2.75, 3.05) is 5.75 Å². The summed E-state index contributed by atoms with van der Waals surface area (Å²) in [5, 5.41) is 8.57. The number of amidine groups is 1. The molecule has 104 valence electrons. The smallest absolute Gasteiger partial charge is 0.125 e. The Balaban J connectivity index is 2.22. The third kappa shape index (κ3) is 3.93. The summed E-state index contributed by atoms with van der Waals surface area (Å²) in [5.74, 6) is 1.22. The molecular formula is C15H22N2S2. The van der Waals surface area contributed by atoms with Gasteiger partial charge in [-0.3, -0.25) is 5.41 Å². The van der Waals surface area contributed by atoms with E-state index in [4.69, 9.17) is 11.1 Å². The highest BCUT2D eigenvalue weighted by atomic mass is 32.2. The summed E-state index contributed by atoms with van der Waals surface area (Å²) in [6.07, 6.45) is 6.66. The van der Waals surface area contributed by atoms with E-state index in [2.05, 4.69) is 25.1 Å². The zero-order chi connectivity index (χ0) is 13.7. The summed E-state index contributed by atoms with van der Waals surface area (Å²) in [6, 6.07) is 6.29. The van der Waals surface area contributed by atoms with E-state index in [0.717, 1.165) is 16.2 Å². The highest BCUT2D eigenvalue weighted by Crippen LogP contribution is 2.38. The molecular weight excluding hydrogens is 272 g/mol. The van der Waals surface area contributed by atoms with Gasteiger partial charge in [0.25, 0.3) is 0 Å². The first-order valence-electron chi connectivity index (χ1n) is 6.99. The van der Waals surface area contributed by atoms with E-state index >= 15 is 0 Å². The monoisotopic (exact) mass is 294 g/mol. The molecule has 2 rings (SSSR count). The van der Waals surface area contributed by atoms with E-state index in [1.807, 2.05) is 11.8 Å². The first-order valence-corrected chi connectivity index (χ1v) is 8.85. The SMILES string of the molecule is CCSc1cccc(SC2CCCCC2)c1C(=N)N. The Morgan fingerprint density at radius 1 is 1.26 bits per heavy atom. The molecule has 0 amide bonds. The van der Waals surface area contributed by atoms with E-state index < -0.39 is 0 Å². The predicted molar refractivity (Wildman–Crippen MR) is 86.6 cm³/mol. The van der Waals surface area contributed by atoms with Crippen LogP contribution in [0.5, 0.6) is 0 Å². The van der Waals surface area contributed by atoms with Crippen molar-refractivity contribution in [1.29, 1.82) is 5.41 Å². The van der Waals surface area contributed by atoms with Gasteiger partial charge in [0.05, 0.1) is 0 Å². The topological polar surface area (TPSA) is 49.9 Å². The first kappa shape index (κ1) is 14.8. The van der Waals surface area contributed by atoms with Crippen LogP contribution in [-0.2, 0) is 0 Å². The van der Waals surface area contributed by atoms with Crippen LogP contribution in [0.4, 0.5) is 0 Å². The number of thioether (sulfide) groups is 2. The molecule has 1 fully saturated rings. The summed E-state index contributed by atoms with van der Waals surface area (Å²) in [7, 11) is 0. The van der Waals surface area contributed by atoms with Crippen molar-refractivity contribution in [2.45, 2.75) is 54.1 Å². The highest BCUT2D eigenvalue weighted by molar-refractivity contribution is 8.00. The number of hydrogen-bond acceptors (Lipinski definition) is 3. The Hall–Kier alpha value is -0.610. The lowest BCUT2D eigenvalue weighted by atomic mass is 10.0. The quantitative estimate of drug-likeness (QED) is 0.477. The van der Waals surface area contributed by atoms with Crippen molar-refractivity contribution < 1.29 is 0 Å². The Morgan fingerprint density at radius 3 is 2.58 bits per heavy atom. The number of nitrogens with two attached hydrogens (primary N) is 1. The largest absolute Gasteiger partial charge is 0.384 e. The molecule has 1 aliphatic rings. The minimum atomic E-state index is 0.204. The molecule has 1 aromatic rings. The minimum Gasteiger partial charge on any atom is -0.384 e. The molecule has 4 heteroatoms. The summed E-state index contributed by atoms with van der Waals surface area (Å²) < 4.78 is 0. The molecule has 0 bridgehead atoms. The van der Waals surface area contributed by atoms with Crippen LogP contribution in [0.15, 0.2) is 28.0 Å². The Labute approximate surface area is 124 Å². The second-order valence-electron chi connectivity index (χ2n) is 4.85. The lowest BCUT2D eigenvalue weighted by molar-refractivity contribution is 0.516. The van der Waals surface area contributed by atoms with Crippen molar-refractivity contribution in [3.63, 3.8) is 0 Å². The fourth-order valence-corrected chi connectivity index (χ4v) is 4.85. The fraction of sp³-hybridized carbons (Fsp3) is 0.533. The minimum absolute atomic E-state index is 0.204. The molecule has 3 N–H and O–H groups in total. The van der Waals surface area contributed by atoms with Crippen LogP contribution in [0.1, 0.15) is 44.6 Å². The molecule has 1 aliphatic carbocycles. The summed E-state index contributed by atoms with van der Waals surface area (Å²) in [6.45, 7) is 2.13. The lowest BCUT2D eigenvalue weighted by Crippen LogP contribution is -2.15. The maximum absolute atomic E-state index is 7.86. The second-order valence-corrected chi connectivity index (χ2v) is 7.50. The van der Waals surface area contributed by atoms with E-state index in [1.165, 1.54) is 37.0 Å². The third-order valence-corrected chi connectivity index (χ3v) is 5.74. The van der Waals surface area contributed by atoms with E-state index in [1.54, 1.807) is 11.8 Å². The van der Waals surface area contributed by atoms with Crippen LogP contribution in [0.2, 0.25) is 0 Å². The Kier molecular flexibility index (Phi) is 5.64. The van der Waals surface area contributed by atoms with Crippen molar-refractivity contribution in [3.05, 3.63) is 23.8 Å². The second kappa shape index (κ2) is 7.25. The van der Waals surface area contributed by atoms with Crippen LogP contribution >= 0.6 is 23.5 Å². The van der Waals surface area contributed by atoms with Gasteiger partial charge in [-0.2, -0.15) is 0 Å². The molecule has 19 heavy (non-hydrogen) atoms. The average Bonchev–Trinajstić information content (AvgIpc) is 2.40. The third-order valence-electron chi connectivity index (χ3n) is 3.40. The molecule has 1 saturated carbocycles. The molecule has 2 nitrogen and oxygen atoms in total. The van der Waals surface area contributed by atoms with Gasteiger partial charge < -0.3 is 5.73 Å². The number of nitrogen functional groups attached to an aromatic ring is 1. The summed E-state index contributed by atoms with van der Waals surface area (Å²) in [4.78, 5) is 2.34. The fourth-order valence-electron chi connectivity index (χ4n) is 2.51. The van der Waals surface area contributed by atoms with Gasteiger partial charge >= 0.3 is 0 Å². The van der Waals surface area contributed by atoms with Gasteiger partial charge in [-0.1, -0.05) is 32.3 Å². The van der Waals surface area contributed by atoms with Gasteiger partial charge in [0, 0.05) is 20.6 Å². The van der Waals surface area contributed by atoms with Gasteiger partial charge in [0.15, 0.2) is 0 Å². The first-order chi connectivity index (χ1) is 9.22. The zero-order valence-electron chi connectivity index (χ0n) is 11.4. The molecule has 0 aliphatic heterocycles. The van der Waals surface area contributed by atoms with Crippen LogP contribution < -0.4 is 5.73 Å². The van der Waals surface area contributed by atoms with Crippen LogP contribution in [0.3, 0.4) is 0 Å². The standard InChI is InChI=1S/C15H22N2S2/c1-2-18-12-9-6-10-13(14(12)15(16)17)19-11-7-4-3-5-8-11/h6,9-11H,2-5,7-8H2,1H3,(H3,16,17). The maximum Gasteiger partial charge on any atom is 0.125 e. The Morgan fingerprint density at radius 2 is 1.95 bits per heavy atom. The molecule has 0 heterocycles. The van der Waals surface area contributed by atoms with E-state index in [0.29, 0.717) is 5.25 Å². The van der Waals surface area contributed by atoms with Gasteiger partial charge in [-0.05, 0) is 30.7 Å². The van der Waals surface area contributed by atoms with Crippen LogP contribution in [0, 0.1) is 5.41 Å². The van der Waals surface area contributed by atoms with Crippen molar-refractivity contribution in [2.24, 2.45) is 5.73 Å². The number of nitrogens with one attached hydrogen (secondary N) is 1. The lowest BCUT2D eigenvalue weighted by Gasteiger charge is -2.22. The molecule has 0 radical (unpaired) electrons. The van der Waals surface area contributed by atoms with Crippen LogP contribution in [0.25, 0.3) is 0 Å². The van der Waals surface area contributed by atoms with Gasteiger partial charge in [-0.15, -0.1) is 23.5 Å². The molecule has 0 aromatic heterocycles. The average molecular weight is 294 g/mol. The van der Waals surface area contributed by atoms with Crippen molar-refractivity contribution in [3.8, 4) is 0 Å². The predicted octanol–water partition coefficient (Wildman–Crippen LogP) is 4.51. The maximum atomic E-state index is 7.86. The Bertz CT molecular complexity index is 440. The van der Waals surface area contributed by atoms with E-state index in [9.17, 15) is 0 Å².